The maximum absolute atomic E-state index is 4.40. The highest BCUT2D eigenvalue weighted by atomic mass is 79.9. The van der Waals surface area contributed by atoms with Crippen molar-refractivity contribution in [3.8, 4) is 0 Å². The van der Waals surface area contributed by atoms with Gasteiger partial charge in [-0.15, -0.1) is 0 Å². The number of fused-ring (bicyclic) bond motifs is 2. The van der Waals surface area contributed by atoms with E-state index in [1.54, 1.807) is 0 Å². The average Bonchev–Trinajstić information content (AvgIpc) is 3.19. The second-order valence-corrected chi connectivity index (χ2v) is 6.05. The van der Waals surface area contributed by atoms with Crippen molar-refractivity contribution in [1.29, 1.82) is 0 Å². The smallest absolute Gasteiger partial charge is 0.108 e. The van der Waals surface area contributed by atoms with E-state index in [0.717, 1.165) is 34.3 Å². The van der Waals surface area contributed by atoms with Crippen LogP contribution in [-0.2, 0) is 12.8 Å². The number of nitrogens with zero attached hydrogens (tertiary/aromatic N) is 4. The predicted octanol–water partition coefficient (Wildman–Crippen LogP) is 4.56. The Morgan fingerprint density at radius 1 is 0.870 bits per heavy atom. The molecule has 0 aliphatic carbocycles. The zero-order valence-corrected chi connectivity index (χ0v) is 14.9. The van der Waals surface area contributed by atoms with Crippen LogP contribution in [0.2, 0.25) is 0 Å². The number of halogens is 1. The molecule has 4 rings (SSSR count). The summed E-state index contributed by atoms with van der Waals surface area (Å²) in [6, 6.07) is 16.3. The summed E-state index contributed by atoms with van der Waals surface area (Å²) >= 11 is 3.44. The van der Waals surface area contributed by atoms with Crippen molar-refractivity contribution in [3.63, 3.8) is 0 Å². The van der Waals surface area contributed by atoms with E-state index in [9.17, 15) is 0 Å². The SMILES string of the molecule is CCc1cc2cccc(Br)n2n1.CCc1cc2ccccn2n1. The lowest BCUT2D eigenvalue weighted by atomic mass is 10.3. The van der Waals surface area contributed by atoms with Crippen molar-refractivity contribution >= 4 is 27.0 Å². The van der Waals surface area contributed by atoms with Crippen LogP contribution in [0.3, 0.4) is 0 Å². The lowest BCUT2D eigenvalue weighted by Crippen LogP contribution is -1.89. The van der Waals surface area contributed by atoms with Crippen LogP contribution < -0.4 is 0 Å². The van der Waals surface area contributed by atoms with Gasteiger partial charge in [-0.05, 0) is 65.2 Å². The first-order valence-electron chi connectivity index (χ1n) is 7.77. The number of hydrogen-bond donors (Lipinski definition) is 0. The van der Waals surface area contributed by atoms with Crippen molar-refractivity contribution in [3.05, 3.63) is 70.7 Å². The molecule has 0 amide bonds. The number of pyridine rings is 2. The van der Waals surface area contributed by atoms with Crippen LogP contribution in [0, 0.1) is 0 Å². The van der Waals surface area contributed by atoms with E-state index < -0.39 is 0 Å². The number of hydrogen-bond acceptors (Lipinski definition) is 2. The molecule has 0 aromatic carbocycles. The molecule has 0 radical (unpaired) electrons. The molecular formula is C18H19BrN4. The highest BCUT2D eigenvalue weighted by Gasteiger charge is 2.00. The summed E-state index contributed by atoms with van der Waals surface area (Å²) in [6.45, 7) is 4.22. The molecule has 118 valence electrons. The molecule has 0 saturated carbocycles. The van der Waals surface area contributed by atoms with Crippen molar-refractivity contribution in [1.82, 2.24) is 19.2 Å². The maximum atomic E-state index is 4.40. The fourth-order valence-corrected chi connectivity index (χ4v) is 2.81. The van der Waals surface area contributed by atoms with Crippen LogP contribution in [0.15, 0.2) is 59.3 Å². The largest absolute Gasteiger partial charge is 0.241 e. The van der Waals surface area contributed by atoms with Crippen LogP contribution >= 0.6 is 15.9 Å². The van der Waals surface area contributed by atoms with Crippen molar-refractivity contribution in [2.24, 2.45) is 0 Å². The third kappa shape index (κ3) is 3.45. The van der Waals surface area contributed by atoms with Gasteiger partial charge in [0.2, 0.25) is 0 Å². The van der Waals surface area contributed by atoms with Gasteiger partial charge in [-0.3, -0.25) is 0 Å². The first-order valence-corrected chi connectivity index (χ1v) is 8.57. The van der Waals surface area contributed by atoms with Gasteiger partial charge in [0.1, 0.15) is 4.60 Å². The molecule has 0 bridgehead atoms. The number of aromatic nitrogens is 4. The highest BCUT2D eigenvalue weighted by Crippen LogP contribution is 2.14. The summed E-state index contributed by atoms with van der Waals surface area (Å²) in [5.74, 6) is 0. The second-order valence-electron chi connectivity index (χ2n) is 5.23. The molecule has 4 aromatic rings. The third-order valence-electron chi connectivity index (χ3n) is 3.64. The van der Waals surface area contributed by atoms with Gasteiger partial charge in [0.25, 0.3) is 0 Å². The van der Waals surface area contributed by atoms with E-state index in [2.05, 4.69) is 64.2 Å². The lowest BCUT2D eigenvalue weighted by Gasteiger charge is -1.93. The second kappa shape index (κ2) is 6.96. The summed E-state index contributed by atoms with van der Waals surface area (Å²) in [6.07, 6.45) is 3.95. The van der Waals surface area contributed by atoms with Crippen LogP contribution in [0.1, 0.15) is 25.2 Å². The monoisotopic (exact) mass is 370 g/mol. The van der Waals surface area contributed by atoms with Gasteiger partial charge in [-0.25, -0.2) is 9.03 Å². The van der Waals surface area contributed by atoms with Crippen LogP contribution in [0.5, 0.6) is 0 Å². The van der Waals surface area contributed by atoms with Crippen LogP contribution in [0.4, 0.5) is 0 Å². The molecule has 0 N–H and O–H groups in total. The molecule has 0 fully saturated rings. The van der Waals surface area contributed by atoms with Crippen LogP contribution in [-0.4, -0.2) is 19.2 Å². The number of rotatable bonds is 2. The summed E-state index contributed by atoms with van der Waals surface area (Å²) in [4.78, 5) is 0. The normalized spacial score (nSPS) is 10.7. The zero-order chi connectivity index (χ0) is 16.2. The minimum atomic E-state index is 0.980. The number of aryl methyl sites for hydroxylation is 2. The standard InChI is InChI=1S/C9H9BrN2.C9H10N2/c1-2-7-6-8-4-3-5-9(10)12(8)11-7;1-2-8-7-9-5-3-4-6-11(9)10-8/h3-6H,2H2,1H3;3-7H,2H2,1H3. The molecule has 4 heterocycles. The Labute approximate surface area is 143 Å². The fourth-order valence-electron chi connectivity index (χ4n) is 2.37. The van der Waals surface area contributed by atoms with Crippen molar-refractivity contribution in [2.45, 2.75) is 26.7 Å². The molecule has 0 saturated heterocycles. The minimum absolute atomic E-state index is 0.980. The topological polar surface area (TPSA) is 34.6 Å². The first-order chi connectivity index (χ1) is 11.2. The quantitative estimate of drug-likeness (QED) is 0.485. The van der Waals surface area contributed by atoms with Gasteiger partial charge in [0, 0.05) is 6.20 Å². The van der Waals surface area contributed by atoms with Gasteiger partial charge in [-0.2, -0.15) is 10.2 Å². The molecule has 4 aromatic heterocycles. The average molecular weight is 371 g/mol. The predicted molar refractivity (Wildman–Crippen MR) is 96.8 cm³/mol. The fraction of sp³-hybridized carbons (Fsp3) is 0.222. The van der Waals surface area contributed by atoms with E-state index in [1.165, 1.54) is 5.52 Å². The Morgan fingerprint density at radius 3 is 2.26 bits per heavy atom. The maximum Gasteiger partial charge on any atom is 0.108 e. The minimum Gasteiger partial charge on any atom is -0.241 e. The first kappa shape index (κ1) is 15.7. The van der Waals surface area contributed by atoms with Gasteiger partial charge in [-0.1, -0.05) is 26.0 Å². The highest BCUT2D eigenvalue weighted by molar-refractivity contribution is 9.10. The molecule has 0 spiro atoms. The van der Waals surface area contributed by atoms with Gasteiger partial charge >= 0.3 is 0 Å². The Balaban J connectivity index is 0.000000136. The molecule has 5 heteroatoms. The Morgan fingerprint density at radius 2 is 1.57 bits per heavy atom. The van der Waals surface area contributed by atoms with E-state index >= 15 is 0 Å². The summed E-state index contributed by atoms with van der Waals surface area (Å²) in [5, 5.41) is 8.75. The Bertz CT molecular complexity index is 890. The molecule has 0 atom stereocenters. The van der Waals surface area contributed by atoms with E-state index in [-0.39, 0.29) is 0 Å². The summed E-state index contributed by atoms with van der Waals surface area (Å²) in [5.41, 5.74) is 4.59. The third-order valence-corrected chi connectivity index (χ3v) is 4.24. The van der Waals surface area contributed by atoms with Crippen molar-refractivity contribution in [2.75, 3.05) is 0 Å². The zero-order valence-electron chi connectivity index (χ0n) is 13.3. The van der Waals surface area contributed by atoms with Crippen LogP contribution in [0.25, 0.3) is 11.0 Å². The van der Waals surface area contributed by atoms with E-state index in [4.69, 9.17) is 0 Å². The summed E-state index contributed by atoms with van der Waals surface area (Å²) < 4.78 is 4.80. The molecule has 0 aliphatic heterocycles. The molecule has 0 unspecified atom stereocenters. The van der Waals surface area contributed by atoms with Crippen molar-refractivity contribution < 1.29 is 0 Å². The molecule has 0 aliphatic rings. The molecule has 4 nitrogen and oxygen atoms in total. The Kier molecular flexibility index (Phi) is 4.76. The van der Waals surface area contributed by atoms with Gasteiger partial charge in [0.15, 0.2) is 0 Å². The van der Waals surface area contributed by atoms with Gasteiger partial charge in [0.05, 0.1) is 22.4 Å². The van der Waals surface area contributed by atoms with Gasteiger partial charge < -0.3 is 0 Å². The molecular weight excluding hydrogens is 352 g/mol. The Hall–Kier alpha value is -2.14. The van der Waals surface area contributed by atoms with E-state index in [1.807, 2.05) is 39.5 Å². The lowest BCUT2D eigenvalue weighted by molar-refractivity contribution is 0.881. The summed E-state index contributed by atoms with van der Waals surface area (Å²) in [7, 11) is 0. The molecule has 23 heavy (non-hydrogen) atoms. The van der Waals surface area contributed by atoms with E-state index in [0.29, 0.717) is 0 Å².